The van der Waals surface area contributed by atoms with Gasteiger partial charge in [0.25, 0.3) is 0 Å². The lowest BCUT2D eigenvalue weighted by Gasteiger charge is -2.34. The zero-order chi connectivity index (χ0) is 18.0. The summed E-state index contributed by atoms with van der Waals surface area (Å²) >= 11 is 0. The number of hydrogen-bond acceptors (Lipinski definition) is 3. The molecule has 1 saturated heterocycles. The lowest BCUT2D eigenvalue weighted by atomic mass is 10.1. The van der Waals surface area contributed by atoms with Crippen LogP contribution in [0.15, 0.2) is 6.20 Å². The molecule has 2 amide bonds. The third kappa shape index (κ3) is 4.05. The molecule has 25 heavy (non-hydrogen) atoms. The Bertz CT molecular complexity index is 631. The van der Waals surface area contributed by atoms with Crippen LogP contribution in [0.1, 0.15) is 64.0 Å². The van der Waals surface area contributed by atoms with Gasteiger partial charge in [-0.1, -0.05) is 13.8 Å². The quantitative estimate of drug-likeness (QED) is 0.822. The number of rotatable bonds is 5. The van der Waals surface area contributed by atoms with E-state index in [1.54, 1.807) is 0 Å². The van der Waals surface area contributed by atoms with Gasteiger partial charge in [-0.25, -0.2) is 4.98 Å². The van der Waals surface area contributed by atoms with E-state index >= 15 is 0 Å². The van der Waals surface area contributed by atoms with Crippen LogP contribution in [0, 0.1) is 5.92 Å². The third-order valence-electron chi connectivity index (χ3n) is 5.33. The summed E-state index contributed by atoms with van der Waals surface area (Å²) in [6, 6.07) is -0.0240. The van der Waals surface area contributed by atoms with Gasteiger partial charge in [0.1, 0.15) is 5.82 Å². The highest BCUT2D eigenvalue weighted by atomic mass is 16.2. The number of imidazole rings is 1. The average Bonchev–Trinajstić information content (AvgIpc) is 3.22. The zero-order valence-corrected chi connectivity index (χ0v) is 15.7. The Morgan fingerprint density at radius 3 is 2.56 bits per heavy atom. The first-order valence-electron chi connectivity index (χ1n) is 9.59. The van der Waals surface area contributed by atoms with Crippen molar-refractivity contribution >= 4 is 11.8 Å². The summed E-state index contributed by atoms with van der Waals surface area (Å²) in [4.78, 5) is 33.4. The van der Waals surface area contributed by atoms with Gasteiger partial charge in [-0.15, -0.1) is 0 Å². The van der Waals surface area contributed by atoms with Crippen LogP contribution >= 0.6 is 0 Å². The first-order chi connectivity index (χ1) is 12.0. The van der Waals surface area contributed by atoms with Crippen molar-refractivity contribution in [1.29, 1.82) is 0 Å². The van der Waals surface area contributed by atoms with E-state index in [0.29, 0.717) is 18.8 Å². The first kappa shape index (κ1) is 18.0. The Kier molecular flexibility index (Phi) is 5.45. The summed E-state index contributed by atoms with van der Waals surface area (Å²) in [6.45, 7) is 9.56. The largest absolute Gasteiger partial charge is 0.342 e. The lowest BCUT2D eigenvalue weighted by molar-refractivity contribution is -0.135. The second kappa shape index (κ2) is 7.58. The number of carbonyl (C=O) groups excluding carboxylic acids is 2. The van der Waals surface area contributed by atoms with Gasteiger partial charge in [0, 0.05) is 38.8 Å². The fourth-order valence-electron chi connectivity index (χ4n) is 3.76. The summed E-state index contributed by atoms with van der Waals surface area (Å²) in [6.07, 6.45) is 6.10. The Labute approximate surface area is 150 Å². The number of carbonyl (C=O) groups is 2. The molecule has 1 atom stereocenters. The topological polar surface area (TPSA) is 58.4 Å². The molecule has 0 aromatic carbocycles. The molecular formula is C19H30N4O2. The van der Waals surface area contributed by atoms with E-state index in [1.165, 1.54) is 0 Å². The number of nitrogens with zero attached hydrogens (tertiary/aromatic N) is 4. The molecule has 3 rings (SSSR count). The average molecular weight is 346 g/mol. The van der Waals surface area contributed by atoms with Crippen molar-refractivity contribution in [3.63, 3.8) is 0 Å². The molecule has 0 radical (unpaired) electrons. The molecule has 2 aliphatic rings. The van der Waals surface area contributed by atoms with E-state index < -0.39 is 0 Å². The zero-order valence-electron chi connectivity index (χ0n) is 15.7. The highest BCUT2D eigenvalue weighted by molar-refractivity contribution is 5.78. The van der Waals surface area contributed by atoms with Crippen LogP contribution in [-0.4, -0.2) is 50.8 Å². The molecule has 0 unspecified atom stereocenters. The van der Waals surface area contributed by atoms with Gasteiger partial charge in [0.05, 0.1) is 18.2 Å². The summed E-state index contributed by atoms with van der Waals surface area (Å²) in [5.41, 5.74) is 0.829. The molecular weight excluding hydrogens is 316 g/mol. The van der Waals surface area contributed by atoms with E-state index in [9.17, 15) is 9.59 Å². The van der Waals surface area contributed by atoms with Gasteiger partial charge in [-0.3, -0.25) is 9.59 Å². The number of amides is 2. The van der Waals surface area contributed by atoms with E-state index in [0.717, 1.165) is 57.0 Å². The van der Waals surface area contributed by atoms with Gasteiger partial charge < -0.3 is 14.4 Å². The van der Waals surface area contributed by atoms with E-state index in [4.69, 9.17) is 4.98 Å². The van der Waals surface area contributed by atoms with Crippen LogP contribution in [0.5, 0.6) is 0 Å². The summed E-state index contributed by atoms with van der Waals surface area (Å²) < 4.78 is 2.11. The molecule has 1 aromatic heterocycles. The molecule has 0 spiro atoms. The minimum absolute atomic E-state index is 0.0240. The molecule has 0 saturated carbocycles. The second-order valence-electron chi connectivity index (χ2n) is 7.74. The Morgan fingerprint density at radius 1 is 1.16 bits per heavy atom. The normalized spacial score (nSPS) is 20.2. The van der Waals surface area contributed by atoms with Crippen molar-refractivity contribution < 1.29 is 9.59 Å². The van der Waals surface area contributed by atoms with Crippen LogP contribution in [-0.2, 0) is 22.6 Å². The molecule has 0 bridgehead atoms. The molecule has 3 heterocycles. The molecule has 6 nitrogen and oxygen atoms in total. The van der Waals surface area contributed by atoms with E-state index in [1.807, 2.05) is 22.9 Å². The number of fused-ring (bicyclic) bond motifs is 1. The lowest BCUT2D eigenvalue weighted by Crippen LogP contribution is -2.41. The molecule has 0 aliphatic carbocycles. The molecule has 2 aliphatic heterocycles. The Balaban J connectivity index is 1.65. The molecule has 6 heteroatoms. The van der Waals surface area contributed by atoms with Gasteiger partial charge in [-0.05, 0) is 32.1 Å². The monoisotopic (exact) mass is 346 g/mol. The minimum atomic E-state index is -0.0240. The SMILES string of the molecule is CC(C)CCC(=O)N1CCn2cc(CC(=O)N3CCCC3)nc2[C@H]1C. The van der Waals surface area contributed by atoms with Crippen LogP contribution in [0.2, 0.25) is 0 Å². The second-order valence-corrected chi connectivity index (χ2v) is 7.74. The predicted molar refractivity (Wildman–Crippen MR) is 95.9 cm³/mol. The fraction of sp³-hybridized carbons (Fsp3) is 0.737. The van der Waals surface area contributed by atoms with Crippen molar-refractivity contribution in [2.75, 3.05) is 19.6 Å². The summed E-state index contributed by atoms with van der Waals surface area (Å²) in [5.74, 6) is 1.83. The number of likely N-dealkylation sites (tertiary alicyclic amines) is 1. The minimum Gasteiger partial charge on any atom is -0.342 e. The van der Waals surface area contributed by atoms with Crippen molar-refractivity contribution in [2.24, 2.45) is 5.92 Å². The Morgan fingerprint density at radius 2 is 1.88 bits per heavy atom. The van der Waals surface area contributed by atoms with Gasteiger partial charge in [-0.2, -0.15) is 0 Å². The van der Waals surface area contributed by atoms with Crippen LogP contribution in [0.4, 0.5) is 0 Å². The van der Waals surface area contributed by atoms with Gasteiger partial charge >= 0.3 is 0 Å². The standard InChI is InChI=1S/C19H30N4O2/c1-14(2)6-7-17(24)23-11-10-22-13-16(20-19(22)15(23)3)12-18(25)21-8-4-5-9-21/h13-15H,4-12H2,1-3H3/t15-/m1/s1. The van der Waals surface area contributed by atoms with Crippen molar-refractivity contribution in [3.8, 4) is 0 Å². The van der Waals surface area contributed by atoms with Crippen LogP contribution < -0.4 is 0 Å². The maximum atomic E-state index is 12.5. The number of aromatic nitrogens is 2. The summed E-state index contributed by atoms with van der Waals surface area (Å²) in [5, 5.41) is 0. The van der Waals surface area contributed by atoms with E-state index in [-0.39, 0.29) is 17.9 Å². The molecule has 1 aromatic rings. The Hall–Kier alpha value is -1.85. The fourth-order valence-corrected chi connectivity index (χ4v) is 3.76. The molecule has 0 N–H and O–H groups in total. The maximum absolute atomic E-state index is 12.5. The van der Waals surface area contributed by atoms with Crippen LogP contribution in [0.25, 0.3) is 0 Å². The van der Waals surface area contributed by atoms with Gasteiger partial charge in [0.15, 0.2) is 0 Å². The molecule has 1 fully saturated rings. The molecule has 138 valence electrons. The number of hydrogen-bond donors (Lipinski definition) is 0. The van der Waals surface area contributed by atoms with Crippen molar-refractivity contribution in [2.45, 2.75) is 65.5 Å². The highest BCUT2D eigenvalue weighted by Crippen LogP contribution is 2.26. The highest BCUT2D eigenvalue weighted by Gasteiger charge is 2.30. The van der Waals surface area contributed by atoms with E-state index in [2.05, 4.69) is 18.4 Å². The van der Waals surface area contributed by atoms with Crippen molar-refractivity contribution in [1.82, 2.24) is 19.4 Å². The summed E-state index contributed by atoms with van der Waals surface area (Å²) in [7, 11) is 0. The maximum Gasteiger partial charge on any atom is 0.228 e. The smallest absolute Gasteiger partial charge is 0.228 e. The predicted octanol–water partition coefficient (Wildman–Crippen LogP) is 2.39. The van der Waals surface area contributed by atoms with Crippen molar-refractivity contribution in [3.05, 3.63) is 17.7 Å². The third-order valence-corrected chi connectivity index (χ3v) is 5.33. The van der Waals surface area contributed by atoms with Crippen LogP contribution in [0.3, 0.4) is 0 Å². The van der Waals surface area contributed by atoms with Gasteiger partial charge in [0.2, 0.25) is 11.8 Å². The first-order valence-corrected chi connectivity index (χ1v) is 9.59.